The van der Waals surface area contributed by atoms with E-state index in [0.717, 1.165) is 19.4 Å². The molecule has 0 aliphatic heterocycles. The standard InChI is InChI=1S/C11H16ClF3N2O/c1-2-3-5-17-7-9(12)10(16-17)8-18-6-4-11(13,14)15/h7H,2-6,8H2,1H3. The number of hydrogen-bond acceptors (Lipinski definition) is 2. The second-order valence-corrected chi connectivity index (χ2v) is 4.37. The highest BCUT2D eigenvalue weighted by atomic mass is 35.5. The first-order chi connectivity index (χ1) is 8.42. The van der Waals surface area contributed by atoms with Crippen LogP contribution in [0.5, 0.6) is 0 Å². The molecule has 18 heavy (non-hydrogen) atoms. The molecule has 1 rings (SSSR count). The van der Waals surface area contributed by atoms with Crippen molar-refractivity contribution in [3.63, 3.8) is 0 Å². The number of alkyl halides is 3. The van der Waals surface area contributed by atoms with Gasteiger partial charge in [-0.25, -0.2) is 0 Å². The third-order valence-corrected chi connectivity index (χ3v) is 2.61. The second-order valence-electron chi connectivity index (χ2n) is 3.96. The largest absolute Gasteiger partial charge is 0.391 e. The second kappa shape index (κ2) is 6.99. The summed E-state index contributed by atoms with van der Waals surface area (Å²) in [4.78, 5) is 0. The molecule has 0 radical (unpaired) electrons. The van der Waals surface area contributed by atoms with Crippen LogP contribution in [0.3, 0.4) is 0 Å². The summed E-state index contributed by atoms with van der Waals surface area (Å²) in [6.45, 7) is 2.45. The van der Waals surface area contributed by atoms with Gasteiger partial charge in [0.05, 0.1) is 24.7 Å². The summed E-state index contributed by atoms with van der Waals surface area (Å²) in [7, 11) is 0. The van der Waals surface area contributed by atoms with Gasteiger partial charge in [0.2, 0.25) is 0 Å². The predicted octanol–water partition coefficient (Wildman–Crippen LogP) is 3.81. The Morgan fingerprint density at radius 3 is 2.78 bits per heavy atom. The maximum atomic E-state index is 11.9. The summed E-state index contributed by atoms with van der Waals surface area (Å²) in [5.74, 6) is 0. The summed E-state index contributed by atoms with van der Waals surface area (Å²) in [5, 5.41) is 4.59. The first-order valence-electron chi connectivity index (χ1n) is 5.78. The van der Waals surface area contributed by atoms with Crippen LogP contribution in [0.1, 0.15) is 31.9 Å². The van der Waals surface area contributed by atoms with Gasteiger partial charge in [-0.1, -0.05) is 24.9 Å². The summed E-state index contributed by atoms with van der Waals surface area (Å²) >= 11 is 5.91. The highest BCUT2D eigenvalue weighted by Gasteiger charge is 2.26. The Kier molecular flexibility index (Phi) is 5.95. The van der Waals surface area contributed by atoms with Gasteiger partial charge in [-0.15, -0.1) is 0 Å². The zero-order valence-electron chi connectivity index (χ0n) is 10.1. The molecule has 0 aromatic carbocycles. The van der Waals surface area contributed by atoms with Crippen LogP contribution in [-0.2, 0) is 17.9 Å². The number of rotatable bonds is 7. The lowest BCUT2D eigenvalue weighted by atomic mass is 10.3. The maximum Gasteiger partial charge on any atom is 0.391 e. The van der Waals surface area contributed by atoms with E-state index in [-0.39, 0.29) is 13.2 Å². The van der Waals surface area contributed by atoms with Crippen LogP contribution in [0.15, 0.2) is 6.20 Å². The molecule has 0 saturated carbocycles. The quantitative estimate of drug-likeness (QED) is 0.712. The molecule has 0 N–H and O–H groups in total. The Balaban J connectivity index is 2.35. The minimum absolute atomic E-state index is 0.00797. The molecule has 0 spiro atoms. The predicted molar refractivity (Wildman–Crippen MR) is 62.5 cm³/mol. The molecule has 7 heteroatoms. The highest BCUT2D eigenvalue weighted by Crippen LogP contribution is 2.20. The molecule has 0 aliphatic rings. The third kappa shape index (κ3) is 5.73. The number of hydrogen-bond donors (Lipinski definition) is 0. The maximum absolute atomic E-state index is 11.9. The third-order valence-electron chi connectivity index (χ3n) is 2.30. The van der Waals surface area contributed by atoms with Crippen molar-refractivity contribution >= 4 is 11.6 Å². The number of nitrogens with zero attached hydrogens (tertiary/aromatic N) is 2. The molecule has 3 nitrogen and oxygen atoms in total. The zero-order chi connectivity index (χ0) is 13.6. The van der Waals surface area contributed by atoms with Crippen molar-refractivity contribution in [1.82, 2.24) is 9.78 Å². The van der Waals surface area contributed by atoms with Crippen LogP contribution >= 0.6 is 11.6 Å². The van der Waals surface area contributed by atoms with Crippen LogP contribution in [0.2, 0.25) is 5.02 Å². The highest BCUT2D eigenvalue weighted by molar-refractivity contribution is 6.31. The van der Waals surface area contributed by atoms with E-state index in [1.54, 1.807) is 10.9 Å². The molecule has 0 bridgehead atoms. The Labute approximate surface area is 109 Å². The molecule has 0 saturated heterocycles. The van der Waals surface area contributed by atoms with Crippen molar-refractivity contribution in [1.29, 1.82) is 0 Å². The molecule has 0 aliphatic carbocycles. The van der Waals surface area contributed by atoms with Gasteiger partial charge in [-0.3, -0.25) is 4.68 Å². The normalized spacial score (nSPS) is 12.1. The molecule has 0 unspecified atom stereocenters. The van der Waals surface area contributed by atoms with Crippen molar-refractivity contribution in [2.24, 2.45) is 0 Å². The topological polar surface area (TPSA) is 27.1 Å². The Morgan fingerprint density at radius 2 is 2.17 bits per heavy atom. The van der Waals surface area contributed by atoms with Crippen LogP contribution in [-0.4, -0.2) is 22.6 Å². The summed E-state index contributed by atoms with van der Waals surface area (Å²) in [5.41, 5.74) is 0.481. The van der Waals surface area contributed by atoms with E-state index in [4.69, 9.17) is 16.3 Å². The van der Waals surface area contributed by atoms with E-state index in [9.17, 15) is 13.2 Å². The van der Waals surface area contributed by atoms with Gasteiger partial charge < -0.3 is 4.74 Å². The van der Waals surface area contributed by atoms with Crippen molar-refractivity contribution < 1.29 is 17.9 Å². The SMILES string of the molecule is CCCCn1cc(Cl)c(COCCC(F)(F)F)n1. The summed E-state index contributed by atoms with van der Waals surface area (Å²) < 4.78 is 42.2. The zero-order valence-corrected chi connectivity index (χ0v) is 10.9. The Hall–Kier alpha value is -0.750. The summed E-state index contributed by atoms with van der Waals surface area (Å²) in [6.07, 6.45) is -1.47. The lowest BCUT2D eigenvalue weighted by Crippen LogP contribution is -2.11. The lowest BCUT2D eigenvalue weighted by Gasteiger charge is -2.06. The molecule has 0 atom stereocenters. The molecule has 104 valence electrons. The number of ether oxygens (including phenoxy) is 1. The van der Waals surface area contributed by atoms with Crippen molar-refractivity contribution in [2.75, 3.05) is 6.61 Å². The monoisotopic (exact) mass is 284 g/mol. The molecule has 1 aromatic heterocycles. The van der Waals surface area contributed by atoms with Crippen LogP contribution in [0.4, 0.5) is 13.2 Å². The van der Waals surface area contributed by atoms with E-state index >= 15 is 0 Å². The Bertz CT molecular complexity index is 366. The first kappa shape index (κ1) is 15.3. The lowest BCUT2D eigenvalue weighted by molar-refractivity contribution is -0.146. The van der Waals surface area contributed by atoms with E-state index < -0.39 is 12.6 Å². The fraction of sp³-hybridized carbons (Fsp3) is 0.727. The van der Waals surface area contributed by atoms with Crippen molar-refractivity contribution in [2.45, 2.75) is 45.5 Å². The van der Waals surface area contributed by atoms with Gasteiger partial charge >= 0.3 is 6.18 Å². The smallest absolute Gasteiger partial charge is 0.375 e. The van der Waals surface area contributed by atoms with Crippen LogP contribution in [0, 0.1) is 0 Å². The van der Waals surface area contributed by atoms with E-state index in [1.165, 1.54) is 0 Å². The molecule has 0 amide bonds. The number of unbranched alkanes of at least 4 members (excludes halogenated alkanes) is 1. The Morgan fingerprint density at radius 1 is 1.44 bits per heavy atom. The fourth-order valence-corrected chi connectivity index (χ4v) is 1.53. The van der Waals surface area contributed by atoms with Crippen LogP contribution in [0.25, 0.3) is 0 Å². The van der Waals surface area contributed by atoms with Gasteiger partial charge in [-0.05, 0) is 6.42 Å². The number of aromatic nitrogens is 2. The average molecular weight is 285 g/mol. The van der Waals surface area contributed by atoms with E-state index in [1.807, 2.05) is 0 Å². The van der Waals surface area contributed by atoms with Crippen LogP contribution < -0.4 is 0 Å². The number of halogens is 4. The molecular weight excluding hydrogens is 269 g/mol. The minimum atomic E-state index is -4.19. The average Bonchev–Trinajstić information content (AvgIpc) is 2.61. The van der Waals surface area contributed by atoms with Crippen molar-refractivity contribution in [3.8, 4) is 0 Å². The van der Waals surface area contributed by atoms with Gasteiger partial charge in [0.1, 0.15) is 5.69 Å². The first-order valence-corrected chi connectivity index (χ1v) is 6.16. The summed E-state index contributed by atoms with van der Waals surface area (Å²) in [6, 6.07) is 0. The molecule has 1 heterocycles. The van der Waals surface area contributed by atoms with Crippen molar-refractivity contribution in [3.05, 3.63) is 16.9 Å². The molecular formula is C11H16ClF3N2O. The van der Waals surface area contributed by atoms with E-state index in [0.29, 0.717) is 10.7 Å². The fourth-order valence-electron chi connectivity index (χ4n) is 1.33. The minimum Gasteiger partial charge on any atom is -0.375 e. The van der Waals surface area contributed by atoms with Gasteiger partial charge in [0.15, 0.2) is 0 Å². The number of aryl methyl sites for hydroxylation is 1. The van der Waals surface area contributed by atoms with Gasteiger partial charge in [0.25, 0.3) is 0 Å². The van der Waals surface area contributed by atoms with Gasteiger partial charge in [-0.2, -0.15) is 18.3 Å². The molecule has 0 fully saturated rings. The van der Waals surface area contributed by atoms with E-state index in [2.05, 4.69) is 12.0 Å². The molecule has 1 aromatic rings. The van der Waals surface area contributed by atoms with Gasteiger partial charge in [0, 0.05) is 12.7 Å².